The molecular weight excluding hydrogens is 500 g/mol. The summed E-state index contributed by atoms with van der Waals surface area (Å²) in [7, 11) is 1.73. The van der Waals surface area contributed by atoms with Gasteiger partial charge in [-0.3, -0.25) is 0 Å². The van der Waals surface area contributed by atoms with Crippen molar-refractivity contribution in [1.29, 1.82) is 0 Å². The van der Waals surface area contributed by atoms with E-state index in [1.807, 2.05) is 73.7 Å². The summed E-state index contributed by atoms with van der Waals surface area (Å²) in [4.78, 5) is 0. The summed E-state index contributed by atoms with van der Waals surface area (Å²) < 4.78 is 56.5. The molecule has 0 unspecified atom stereocenters. The second-order valence-corrected chi connectivity index (χ2v) is 11.4. The number of hydrogen-bond donors (Lipinski definition) is 0. The van der Waals surface area contributed by atoms with E-state index in [0.717, 1.165) is 27.5 Å². The van der Waals surface area contributed by atoms with E-state index in [2.05, 4.69) is 0 Å². The molecule has 2 nitrogen and oxygen atoms in total. The first-order chi connectivity index (χ1) is 19.9. The number of aryl methyl sites for hydroxylation is 2. The van der Waals surface area contributed by atoms with Gasteiger partial charge in [0.1, 0.15) is 24.0 Å². The second-order valence-electron chi connectivity index (χ2n) is 11.4. The third kappa shape index (κ3) is 4.58. The fourth-order valence-electron chi connectivity index (χ4n) is 5.39. The standard InChI is InChI=1S/C36H32F2NO/c1-22-11-16-27-28-17-18-29(37)33(25-14-12-24(13-15-25)23-9-7-6-8-10-23)35(28)40-34(27)32(22)31-19-26(20-36(2,3)4)30(38)21-39(31)5/h6-19,21H,20H2,1-5H3/q+1/i20D2. The van der Waals surface area contributed by atoms with E-state index in [9.17, 15) is 0 Å². The van der Waals surface area contributed by atoms with Crippen LogP contribution >= 0.6 is 0 Å². The van der Waals surface area contributed by atoms with Crippen LogP contribution in [0.4, 0.5) is 8.78 Å². The van der Waals surface area contributed by atoms with Gasteiger partial charge < -0.3 is 4.42 Å². The summed E-state index contributed by atoms with van der Waals surface area (Å²) in [5.74, 6) is -1.00. The van der Waals surface area contributed by atoms with Gasteiger partial charge in [-0.25, -0.2) is 8.78 Å². The molecule has 2 heterocycles. The number of fused-ring (bicyclic) bond motifs is 3. The molecule has 2 aromatic heterocycles. The Morgan fingerprint density at radius 2 is 1.35 bits per heavy atom. The van der Waals surface area contributed by atoms with E-state index in [1.54, 1.807) is 44.5 Å². The number of pyridine rings is 1. The van der Waals surface area contributed by atoms with Gasteiger partial charge in [-0.2, -0.15) is 4.57 Å². The highest BCUT2D eigenvalue weighted by molar-refractivity contribution is 6.13. The summed E-state index contributed by atoms with van der Waals surface area (Å²) in [5, 5.41) is 1.57. The van der Waals surface area contributed by atoms with Gasteiger partial charge in [0.15, 0.2) is 5.82 Å². The minimum atomic E-state index is -1.93. The number of halogens is 2. The summed E-state index contributed by atoms with van der Waals surface area (Å²) in [5.41, 5.74) is 5.50. The number of hydrogen-bond acceptors (Lipinski definition) is 1. The number of nitrogens with zero attached hydrogens (tertiary/aromatic N) is 1. The summed E-state index contributed by atoms with van der Waals surface area (Å²) in [6.45, 7) is 7.21. The van der Waals surface area contributed by atoms with Crippen molar-refractivity contribution in [3.63, 3.8) is 0 Å². The molecular formula is C36H32F2NO+. The lowest BCUT2D eigenvalue weighted by atomic mass is 9.87. The number of rotatable bonds is 4. The number of furan rings is 1. The van der Waals surface area contributed by atoms with E-state index in [0.29, 0.717) is 33.6 Å². The maximum Gasteiger partial charge on any atom is 0.216 e. The molecule has 0 spiro atoms. The van der Waals surface area contributed by atoms with Crippen LogP contribution in [-0.2, 0) is 13.4 Å². The van der Waals surface area contributed by atoms with Crippen LogP contribution in [-0.4, -0.2) is 0 Å². The van der Waals surface area contributed by atoms with Gasteiger partial charge in [-0.15, -0.1) is 0 Å². The van der Waals surface area contributed by atoms with E-state index >= 15 is 8.78 Å². The first-order valence-electron chi connectivity index (χ1n) is 14.4. The Balaban J connectivity index is 1.58. The average molecular weight is 535 g/mol. The van der Waals surface area contributed by atoms with Crippen LogP contribution in [0.1, 0.15) is 34.6 Å². The fraction of sp³-hybridized carbons (Fsp3) is 0.194. The van der Waals surface area contributed by atoms with Crippen molar-refractivity contribution >= 4 is 21.9 Å². The summed E-state index contributed by atoms with van der Waals surface area (Å²) in [6, 6.07) is 26.5. The lowest BCUT2D eigenvalue weighted by molar-refractivity contribution is -0.662. The van der Waals surface area contributed by atoms with Gasteiger partial charge in [0.2, 0.25) is 11.9 Å². The molecule has 6 aromatic rings. The van der Waals surface area contributed by atoms with Gasteiger partial charge in [0, 0.05) is 25.1 Å². The zero-order chi connectivity index (χ0) is 30.0. The Morgan fingerprint density at radius 1 is 0.750 bits per heavy atom. The maximum atomic E-state index is 15.5. The molecule has 0 fully saturated rings. The van der Waals surface area contributed by atoms with Gasteiger partial charge in [0.25, 0.3) is 0 Å². The van der Waals surface area contributed by atoms with Crippen LogP contribution in [0.2, 0.25) is 0 Å². The molecule has 4 heteroatoms. The van der Waals surface area contributed by atoms with Crippen molar-refractivity contribution in [1.82, 2.24) is 0 Å². The molecule has 0 saturated heterocycles. The van der Waals surface area contributed by atoms with Crippen LogP contribution in [0.5, 0.6) is 0 Å². The molecule has 0 aliphatic carbocycles. The Hall–Kier alpha value is -4.31. The SMILES string of the molecule is [2H]C([2H])(c1cc(-c2c(C)ccc3c2oc2c(-c4ccc(-c5ccccc5)cc4)c(F)ccc23)[n+](C)cc1F)C(C)(C)C. The van der Waals surface area contributed by atoms with E-state index in [-0.39, 0.29) is 11.4 Å². The van der Waals surface area contributed by atoms with Crippen molar-refractivity contribution in [3.8, 4) is 33.5 Å². The predicted molar refractivity (Wildman–Crippen MR) is 159 cm³/mol. The zero-order valence-electron chi connectivity index (χ0n) is 25.3. The molecule has 0 aliphatic rings. The topological polar surface area (TPSA) is 17.0 Å². The quantitative estimate of drug-likeness (QED) is 0.206. The monoisotopic (exact) mass is 534 g/mol. The molecule has 4 aromatic carbocycles. The highest BCUT2D eigenvalue weighted by atomic mass is 19.1. The van der Waals surface area contributed by atoms with Crippen molar-refractivity contribution in [2.24, 2.45) is 12.5 Å². The van der Waals surface area contributed by atoms with Crippen LogP contribution in [0, 0.1) is 24.0 Å². The van der Waals surface area contributed by atoms with Crippen LogP contribution < -0.4 is 4.57 Å². The Morgan fingerprint density at radius 3 is 2.02 bits per heavy atom. The van der Waals surface area contributed by atoms with Crippen LogP contribution in [0.15, 0.2) is 95.5 Å². The third-order valence-electron chi connectivity index (χ3n) is 7.24. The Bertz CT molecular complexity index is 1970. The number of aromatic nitrogens is 1. The first kappa shape index (κ1) is 23.6. The van der Waals surface area contributed by atoms with Crippen LogP contribution in [0.25, 0.3) is 55.4 Å². The molecule has 0 bridgehead atoms. The average Bonchev–Trinajstić information content (AvgIpc) is 3.32. The van der Waals surface area contributed by atoms with E-state index in [4.69, 9.17) is 7.16 Å². The Kier molecular flexibility index (Phi) is 5.72. The van der Waals surface area contributed by atoms with Gasteiger partial charge >= 0.3 is 0 Å². The van der Waals surface area contributed by atoms with Gasteiger partial charge in [-0.1, -0.05) is 87.5 Å². The van der Waals surface area contributed by atoms with Gasteiger partial charge in [0.05, 0.1) is 11.1 Å². The van der Waals surface area contributed by atoms with Crippen molar-refractivity contribution < 1.29 is 20.5 Å². The molecule has 200 valence electrons. The minimum Gasteiger partial charge on any atom is -0.454 e. The third-order valence-corrected chi connectivity index (χ3v) is 7.24. The zero-order valence-corrected chi connectivity index (χ0v) is 23.3. The molecule has 0 radical (unpaired) electrons. The van der Waals surface area contributed by atoms with Crippen molar-refractivity contribution in [2.75, 3.05) is 0 Å². The van der Waals surface area contributed by atoms with E-state index in [1.165, 1.54) is 12.3 Å². The highest BCUT2D eigenvalue weighted by Crippen LogP contribution is 2.42. The predicted octanol–water partition coefficient (Wildman–Crippen LogP) is 9.59. The maximum absolute atomic E-state index is 15.5. The number of benzene rings is 4. The lowest BCUT2D eigenvalue weighted by Crippen LogP contribution is -2.32. The summed E-state index contributed by atoms with van der Waals surface area (Å²) >= 11 is 0. The van der Waals surface area contributed by atoms with Crippen molar-refractivity contribution in [3.05, 3.63) is 114 Å². The lowest BCUT2D eigenvalue weighted by Gasteiger charge is -2.18. The molecule has 0 aliphatic heterocycles. The Labute approximate surface area is 236 Å². The highest BCUT2D eigenvalue weighted by Gasteiger charge is 2.26. The molecule has 0 amide bonds. The largest absolute Gasteiger partial charge is 0.454 e. The van der Waals surface area contributed by atoms with Crippen LogP contribution in [0.3, 0.4) is 0 Å². The summed E-state index contributed by atoms with van der Waals surface area (Å²) in [6.07, 6.45) is -0.619. The second kappa shape index (κ2) is 9.71. The van der Waals surface area contributed by atoms with Crippen molar-refractivity contribution in [2.45, 2.75) is 34.1 Å². The molecule has 0 saturated carbocycles. The smallest absolute Gasteiger partial charge is 0.216 e. The molecule has 0 N–H and O–H groups in total. The minimum absolute atomic E-state index is 0.0131. The molecule has 0 atom stereocenters. The first-order valence-corrected chi connectivity index (χ1v) is 13.4. The van der Waals surface area contributed by atoms with Gasteiger partial charge in [-0.05, 0) is 53.1 Å². The van der Waals surface area contributed by atoms with E-state index < -0.39 is 17.6 Å². The molecule has 40 heavy (non-hydrogen) atoms. The molecule has 6 rings (SSSR count). The normalized spacial score (nSPS) is 13.1. The fourth-order valence-corrected chi connectivity index (χ4v) is 5.39.